The topological polar surface area (TPSA) is 16.4 Å². The Morgan fingerprint density at radius 2 is 0.982 bits per heavy atom. The van der Waals surface area contributed by atoms with Crippen LogP contribution in [0.1, 0.15) is 0 Å². The van der Waals surface area contributed by atoms with Gasteiger partial charge in [-0.3, -0.25) is 0 Å². The van der Waals surface area contributed by atoms with E-state index < -0.39 is 0 Å². The van der Waals surface area contributed by atoms with Gasteiger partial charge in [-0.15, -0.1) is 0 Å². The molecule has 0 bridgehead atoms. The van der Waals surface area contributed by atoms with Crippen molar-refractivity contribution < 1.29 is 4.42 Å². The Morgan fingerprint density at radius 1 is 0.321 bits per heavy atom. The van der Waals surface area contributed by atoms with Gasteiger partial charge in [-0.2, -0.15) is 0 Å². The standard InChI is InChI=1S/C54H35NO/c1-2-13-38(14-3-1)45-21-10-18-42-35-41(28-31-46(42)45)37-26-29-44(30-27-37)55(50-22-11-17-39-15-6-7-19-47(39)50)51-33-32-48(43-25-24-36-12-4-5-16-40(36)34-43)53-49-20-8-9-23-52(49)56-54(51)53/h1-35H. The second-order valence-corrected chi connectivity index (χ2v) is 14.5. The van der Waals surface area contributed by atoms with Crippen molar-refractivity contribution in [3.63, 3.8) is 0 Å². The number of hydrogen-bond donors (Lipinski definition) is 0. The van der Waals surface area contributed by atoms with Crippen molar-refractivity contribution in [2.75, 3.05) is 4.90 Å². The minimum Gasteiger partial charge on any atom is -0.454 e. The summed E-state index contributed by atoms with van der Waals surface area (Å²) in [6, 6.07) is 76.4. The average Bonchev–Trinajstić information content (AvgIpc) is 3.67. The van der Waals surface area contributed by atoms with Crippen molar-refractivity contribution >= 4 is 71.3 Å². The van der Waals surface area contributed by atoms with E-state index in [0.717, 1.165) is 44.6 Å². The molecule has 11 aromatic rings. The lowest BCUT2D eigenvalue weighted by Gasteiger charge is -2.27. The molecule has 2 heteroatoms. The molecule has 262 valence electrons. The van der Waals surface area contributed by atoms with E-state index >= 15 is 0 Å². The van der Waals surface area contributed by atoms with Gasteiger partial charge in [0.1, 0.15) is 5.58 Å². The molecule has 0 aliphatic carbocycles. The molecule has 56 heavy (non-hydrogen) atoms. The lowest BCUT2D eigenvalue weighted by Crippen LogP contribution is -2.11. The molecule has 0 fully saturated rings. The Bertz CT molecular complexity index is 3240. The van der Waals surface area contributed by atoms with Gasteiger partial charge < -0.3 is 9.32 Å². The minimum atomic E-state index is 0.859. The largest absolute Gasteiger partial charge is 0.454 e. The van der Waals surface area contributed by atoms with E-state index in [4.69, 9.17) is 4.42 Å². The Balaban J connectivity index is 1.09. The summed E-state index contributed by atoms with van der Waals surface area (Å²) in [6.07, 6.45) is 0. The Morgan fingerprint density at radius 3 is 1.86 bits per heavy atom. The summed E-state index contributed by atoms with van der Waals surface area (Å²) >= 11 is 0. The van der Waals surface area contributed by atoms with E-state index in [9.17, 15) is 0 Å². The number of fused-ring (bicyclic) bond motifs is 6. The zero-order valence-corrected chi connectivity index (χ0v) is 30.6. The third-order valence-corrected chi connectivity index (χ3v) is 11.2. The van der Waals surface area contributed by atoms with Gasteiger partial charge in [0, 0.05) is 21.8 Å². The molecule has 0 saturated carbocycles. The van der Waals surface area contributed by atoms with Gasteiger partial charge in [-0.1, -0.05) is 170 Å². The molecular weight excluding hydrogens is 679 g/mol. The molecule has 0 aliphatic rings. The Hall–Kier alpha value is -7.42. The zero-order valence-electron chi connectivity index (χ0n) is 30.6. The molecule has 1 heterocycles. The first kappa shape index (κ1) is 32.0. The number of nitrogens with zero attached hydrogens (tertiary/aromatic N) is 1. The van der Waals surface area contributed by atoms with Gasteiger partial charge in [0.05, 0.1) is 11.4 Å². The molecule has 0 unspecified atom stereocenters. The van der Waals surface area contributed by atoms with Crippen molar-refractivity contribution in [1.82, 2.24) is 0 Å². The van der Waals surface area contributed by atoms with Crippen molar-refractivity contribution in [1.29, 1.82) is 0 Å². The van der Waals surface area contributed by atoms with Gasteiger partial charge in [-0.25, -0.2) is 0 Å². The van der Waals surface area contributed by atoms with E-state index in [-0.39, 0.29) is 0 Å². The minimum absolute atomic E-state index is 0.859. The van der Waals surface area contributed by atoms with Gasteiger partial charge in [-0.05, 0) is 103 Å². The predicted octanol–water partition coefficient (Wildman–Crippen LogP) is 15.5. The lowest BCUT2D eigenvalue weighted by atomic mass is 9.95. The molecule has 0 aliphatic heterocycles. The van der Waals surface area contributed by atoms with E-state index in [2.05, 4.69) is 217 Å². The molecule has 2 nitrogen and oxygen atoms in total. The van der Waals surface area contributed by atoms with Crippen LogP contribution in [0, 0.1) is 0 Å². The van der Waals surface area contributed by atoms with Crippen LogP contribution in [-0.4, -0.2) is 0 Å². The van der Waals surface area contributed by atoms with Gasteiger partial charge >= 0.3 is 0 Å². The highest BCUT2D eigenvalue weighted by Gasteiger charge is 2.23. The highest BCUT2D eigenvalue weighted by molar-refractivity contribution is 6.18. The monoisotopic (exact) mass is 713 g/mol. The van der Waals surface area contributed by atoms with Crippen LogP contribution >= 0.6 is 0 Å². The lowest BCUT2D eigenvalue weighted by molar-refractivity contribution is 0.669. The molecule has 0 N–H and O–H groups in total. The first-order valence-electron chi connectivity index (χ1n) is 19.2. The van der Waals surface area contributed by atoms with Crippen molar-refractivity contribution in [2.45, 2.75) is 0 Å². The van der Waals surface area contributed by atoms with E-state index in [1.54, 1.807) is 0 Å². The normalized spacial score (nSPS) is 11.6. The fourth-order valence-electron chi connectivity index (χ4n) is 8.53. The SMILES string of the molecule is c1ccc(-c2cccc3cc(-c4ccc(N(c5cccc6ccccc56)c5ccc(-c6ccc7ccccc7c6)c6c5oc5ccccc56)cc4)ccc23)cc1. The average molecular weight is 714 g/mol. The second-order valence-electron chi connectivity index (χ2n) is 14.5. The molecule has 0 saturated heterocycles. The molecule has 10 aromatic carbocycles. The first-order valence-corrected chi connectivity index (χ1v) is 19.2. The molecule has 0 atom stereocenters. The summed E-state index contributed by atoms with van der Waals surface area (Å²) in [5.74, 6) is 0. The fourth-order valence-corrected chi connectivity index (χ4v) is 8.53. The van der Waals surface area contributed by atoms with E-state index in [1.807, 2.05) is 0 Å². The summed E-state index contributed by atoms with van der Waals surface area (Å²) < 4.78 is 6.90. The summed E-state index contributed by atoms with van der Waals surface area (Å²) in [5.41, 5.74) is 12.0. The molecule has 1 aromatic heterocycles. The highest BCUT2D eigenvalue weighted by atomic mass is 16.3. The predicted molar refractivity (Wildman–Crippen MR) is 237 cm³/mol. The zero-order chi connectivity index (χ0) is 37.0. The highest BCUT2D eigenvalue weighted by Crippen LogP contribution is 2.47. The molecule has 0 spiro atoms. The van der Waals surface area contributed by atoms with Crippen molar-refractivity contribution in [3.8, 4) is 33.4 Å². The van der Waals surface area contributed by atoms with Crippen LogP contribution in [0.15, 0.2) is 217 Å². The summed E-state index contributed by atoms with van der Waals surface area (Å²) in [4.78, 5) is 2.37. The smallest absolute Gasteiger partial charge is 0.160 e. The van der Waals surface area contributed by atoms with Crippen molar-refractivity contribution in [2.24, 2.45) is 0 Å². The molecule has 0 amide bonds. The van der Waals surface area contributed by atoms with Crippen molar-refractivity contribution in [3.05, 3.63) is 212 Å². The number of rotatable bonds is 6. The quantitative estimate of drug-likeness (QED) is 0.171. The van der Waals surface area contributed by atoms with E-state index in [1.165, 1.54) is 60.1 Å². The van der Waals surface area contributed by atoms with E-state index in [0.29, 0.717) is 0 Å². The number of anilines is 3. The number of benzene rings is 10. The third-order valence-electron chi connectivity index (χ3n) is 11.2. The van der Waals surface area contributed by atoms with Crippen LogP contribution in [0.3, 0.4) is 0 Å². The van der Waals surface area contributed by atoms with Crippen LogP contribution in [-0.2, 0) is 0 Å². The maximum atomic E-state index is 6.90. The van der Waals surface area contributed by atoms with Crippen LogP contribution in [0.4, 0.5) is 17.1 Å². The van der Waals surface area contributed by atoms with Crippen LogP contribution in [0.25, 0.3) is 87.6 Å². The fraction of sp³-hybridized carbons (Fsp3) is 0. The molecule has 0 radical (unpaired) electrons. The summed E-state index contributed by atoms with van der Waals surface area (Å²) in [5, 5.41) is 9.50. The molecular formula is C54H35NO. The van der Waals surface area contributed by atoms with Crippen LogP contribution in [0.2, 0.25) is 0 Å². The maximum Gasteiger partial charge on any atom is 0.160 e. The first-order chi connectivity index (χ1) is 27.8. The van der Waals surface area contributed by atoms with Gasteiger partial charge in [0.25, 0.3) is 0 Å². The Kier molecular flexibility index (Phi) is 7.53. The van der Waals surface area contributed by atoms with Crippen LogP contribution in [0.5, 0.6) is 0 Å². The second kappa shape index (κ2) is 13.2. The summed E-state index contributed by atoms with van der Waals surface area (Å²) in [6.45, 7) is 0. The third kappa shape index (κ3) is 5.34. The Labute approximate surface area is 325 Å². The van der Waals surface area contributed by atoms with Crippen LogP contribution < -0.4 is 4.90 Å². The maximum absolute atomic E-state index is 6.90. The summed E-state index contributed by atoms with van der Waals surface area (Å²) in [7, 11) is 0. The van der Waals surface area contributed by atoms with Gasteiger partial charge in [0.2, 0.25) is 0 Å². The number of furan rings is 1. The molecule has 11 rings (SSSR count). The van der Waals surface area contributed by atoms with Gasteiger partial charge in [0.15, 0.2) is 5.58 Å². The number of para-hydroxylation sites is 1. The number of hydrogen-bond acceptors (Lipinski definition) is 2.